The van der Waals surface area contributed by atoms with Crippen LogP contribution < -0.4 is 5.32 Å². The first kappa shape index (κ1) is 11.3. The van der Waals surface area contributed by atoms with Crippen molar-refractivity contribution >= 4 is 11.3 Å². The van der Waals surface area contributed by atoms with E-state index in [9.17, 15) is 4.39 Å². The Morgan fingerprint density at radius 1 is 1.25 bits per heavy atom. The summed E-state index contributed by atoms with van der Waals surface area (Å²) in [6.07, 6.45) is 0. The van der Waals surface area contributed by atoms with Crippen LogP contribution in [0.4, 0.5) is 4.39 Å². The first-order valence-electron chi connectivity index (χ1n) is 5.22. The van der Waals surface area contributed by atoms with Crippen LogP contribution >= 0.6 is 11.3 Å². The van der Waals surface area contributed by atoms with Gasteiger partial charge >= 0.3 is 0 Å². The molecule has 16 heavy (non-hydrogen) atoms. The third-order valence-corrected chi connectivity index (χ3v) is 3.41. The fourth-order valence-electron chi connectivity index (χ4n) is 1.56. The maximum Gasteiger partial charge on any atom is 0.123 e. The van der Waals surface area contributed by atoms with Gasteiger partial charge in [-0.15, -0.1) is 0 Å². The molecule has 0 saturated heterocycles. The van der Waals surface area contributed by atoms with Crippen molar-refractivity contribution in [1.29, 1.82) is 0 Å². The summed E-state index contributed by atoms with van der Waals surface area (Å²) in [5.74, 6) is -0.175. The van der Waals surface area contributed by atoms with Gasteiger partial charge in [-0.05, 0) is 46.5 Å². The highest BCUT2D eigenvalue weighted by molar-refractivity contribution is 7.08. The summed E-state index contributed by atoms with van der Waals surface area (Å²) in [7, 11) is 0. The number of hydrogen-bond donors (Lipinski definition) is 1. The smallest absolute Gasteiger partial charge is 0.123 e. The lowest BCUT2D eigenvalue weighted by Gasteiger charge is -2.04. The summed E-state index contributed by atoms with van der Waals surface area (Å²) in [5.41, 5.74) is 3.62. The average Bonchev–Trinajstić information content (AvgIpc) is 2.65. The van der Waals surface area contributed by atoms with Crippen molar-refractivity contribution in [2.75, 3.05) is 0 Å². The van der Waals surface area contributed by atoms with Crippen molar-refractivity contribution in [2.24, 2.45) is 0 Å². The molecule has 0 atom stereocenters. The Morgan fingerprint density at radius 3 is 2.81 bits per heavy atom. The first-order chi connectivity index (χ1) is 7.75. The molecule has 0 bridgehead atoms. The van der Waals surface area contributed by atoms with Crippen molar-refractivity contribution in [3.05, 3.63) is 57.5 Å². The van der Waals surface area contributed by atoms with Gasteiger partial charge in [0.25, 0.3) is 0 Å². The Labute approximate surface area is 98.9 Å². The second kappa shape index (κ2) is 5.23. The number of halogens is 1. The van der Waals surface area contributed by atoms with Crippen molar-refractivity contribution in [3.8, 4) is 0 Å². The Morgan fingerprint density at radius 2 is 2.12 bits per heavy atom. The molecule has 1 N–H and O–H groups in total. The van der Waals surface area contributed by atoms with Gasteiger partial charge in [-0.2, -0.15) is 11.3 Å². The quantitative estimate of drug-likeness (QED) is 0.855. The minimum Gasteiger partial charge on any atom is -0.309 e. The molecule has 2 rings (SSSR count). The maximum absolute atomic E-state index is 12.9. The molecule has 0 unspecified atom stereocenters. The van der Waals surface area contributed by atoms with E-state index in [1.807, 2.05) is 6.07 Å². The van der Waals surface area contributed by atoms with Gasteiger partial charge in [0.1, 0.15) is 5.82 Å². The zero-order valence-corrected chi connectivity index (χ0v) is 9.98. The molecule has 0 fully saturated rings. The SMILES string of the molecule is Cc1cscc1CNCc1cccc(F)c1. The minimum atomic E-state index is -0.175. The molecule has 0 amide bonds. The van der Waals surface area contributed by atoms with Crippen LogP contribution in [0.3, 0.4) is 0 Å². The molecule has 2 aromatic rings. The van der Waals surface area contributed by atoms with Gasteiger partial charge in [-0.1, -0.05) is 12.1 Å². The fourth-order valence-corrected chi connectivity index (χ4v) is 2.41. The van der Waals surface area contributed by atoms with E-state index in [0.29, 0.717) is 6.54 Å². The van der Waals surface area contributed by atoms with Crippen molar-refractivity contribution in [2.45, 2.75) is 20.0 Å². The van der Waals surface area contributed by atoms with E-state index < -0.39 is 0 Å². The summed E-state index contributed by atoms with van der Waals surface area (Å²) in [6.45, 7) is 3.65. The monoisotopic (exact) mass is 235 g/mol. The number of thiophene rings is 1. The molecule has 1 aromatic carbocycles. The van der Waals surface area contributed by atoms with Crippen LogP contribution in [-0.2, 0) is 13.1 Å². The number of benzene rings is 1. The molecule has 0 aliphatic heterocycles. The van der Waals surface area contributed by atoms with E-state index in [-0.39, 0.29) is 5.82 Å². The van der Waals surface area contributed by atoms with E-state index in [0.717, 1.165) is 12.1 Å². The highest BCUT2D eigenvalue weighted by atomic mass is 32.1. The van der Waals surface area contributed by atoms with Gasteiger partial charge in [0.05, 0.1) is 0 Å². The highest BCUT2D eigenvalue weighted by Gasteiger charge is 1.99. The lowest BCUT2D eigenvalue weighted by molar-refractivity contribution is 0.620. The lowest BCUT2D eigenvalue weighted by Crippen LogP contribution is -2.12. The summed E-state index contributed by atoms with van der Waals surface area (Å²) in [6, 6.07) is 6.69. The molecule has 0 radical (unpaired) electrons. The Balaban J connectivity index is 1.87. The third-order valence-electron chi connectivity index (χ3n) is 2.50. The topological polar surface area (TPSA) is 12.0 Å². The van der Waals surface area contributed by atoms with Gasteiger partial charge in [0.2, 0.25) is 0 Å². The molecule has 1 aromatic heterocycles. The Bertz CT molecular complexity index is 464. The molecule has 84 valence electrons. The predicted octanol–water partition coefficient (Wildman–Crippen LogP) is 3.49. The molecule has 0 spiro atoms. The van der Waals surface area contributed by atoms with E-state index in [2.05, 4.69) is 23.0 Å². The molecule has 0 aliphatic rings. The summed E-state index contributed by atoms with van der Waals surface area (Å²) in [4.78, 5) is 0. The molecular weight excluding hydrogens is 221 g/mol. The van der Waals surface area contributed by atoms with Crippen molar-refractivity contribution in [3.63, 3.8) is 0 Å². The van der Waals surface area contributed by atoms with Crippen LogP contribution in [0.5, 0.6) is 0 Å². The zero-order chi connectivity index (χ0) is 11.4. The Kier molecular flexibility index (Phi) is 3.70. The normalized spacial score (nSPS) is 10.6. The van der Waals surface area contributed by atoms with Crippen molar-refractivity contribution < 1.29 is 4.39 Å². The largest absolute Gasteiger partial charge is 0.309 e. The van der Waals surface area contributed by atoms with Crippen LogP contribution in [-0.4, -0.2) is 0 Å². The fraction of sp³-hybridized carbons (Fsp3) is 0.231. The second-order valence-electron chi connectivity index (χ2n) is 3.81. The highest BCUT2D eigenvalue weighted by Crippen LogP contribution is 2.13. The number of rotatable bonds is 4. The van der Waals surface area contributed by atoms with Crippen LogP contribution in [0, 0.1) is 12.7 Å². The van der Waals surface area contributed by atoms with Crippen molar-refractivity contribution in [1.82, 2.24) is 5.32 Å². The predicted molar refractivity (Wildman–Crippen MR) is 66.0 cm³/mol. The second-order valence-corrected chi connectivity index (χ2v) is 4.56. The molecule has 3 heteroatoms. The van der Waals surface area contributed by atoms with Crippen LogP contribution in [0.25, 0.3) is 0 Å². The van der Waals surface area contributed by atoms with E-state index in [1.54, 1.807) is 23.5 Å². The van der Waals surface area contributed by atoms with E-state index in [1.165, 1.54) is 17.2 Å². The number of aryl methyl sites for hydroxylation is 1. The van der Waals surface area contributed by atoms with Gasteiger partial charge in [0.15, 0.2) is 0 Å². The summed E-state index contributed by atoms with van der Waals surface area (Å²) in [5, 5.41) is 7.60. The van der Waals surface area contributed by atoms with E-state index in [4.69, 9.17) is 0 Å². The summed E-state index contributed by atoms with van der Waals surface area (Å²) < 4.78 is 12.9. The van der Waals surface area contributed by atoms with Gasteiger partial charge in [-0.3, -0.25) is 0 Å². The molecular formula is C13H14FNS. The average molecular weight is 235 g/mol. The summed E-state index contributed by atoms with van der Waals surface area (Å²) >= 11 is 1.71. The third kappa shape index (κ3) is 2.90. The van der Waals surface area contributed by atoms with Crippen LogP contribution in [0.15, 0.2) is 35.0 Å². The Hall–Kier alpha value is -1.19. The molecule has 0 saturated carbocycles. The molecule has 0 aliphatic carbocycles. The number of hydrogen-bond acceptors (Lipinski definition) is 2. The van der Waals surface area contributed by atoms with Gasteiger partial charge in [0, 0.05) is 13.1 Å². The first-order valence-corrected chi connectivity index (χ1v) is 6.17. The van der Waals surface area contributed by atoms with Crippen LogP contribution in [0.1, 0.15) is 16.7 Å². The van der Waals surface area contributed by atoms with Crippen LogP contribution in [0.2, 0.25) is 0 Å². The van der Waals surface area contributed by atoms with Gasteiger partial charge < -0.3 is 5.32 Å². The lowest BCUT2D eigenvalue weighted by atomic mass is 10.2. The zero-order valence-electron chi connectivity index (χ0n) is 9.16. The molecule has 1 heterocycles. The van der Waals surface area contributed by atoms with E-state index >= 15 is 0 Å². The minimum absolute atomic E-state index is 0.175. The molecule has 1 nitrogen and oxygen atoms in total. The standard InChI is InChI=1S/C13H14FNS/c1-10-8-16-9-12(10)7-15-6-11-3-2-4-13(14)5-11/h2-5,8-9,15H,6-7H2,1H3. The maximum atomic E-state index is 12.9. The van der Waals surface area contributed by atoms with Gasteiger partial charge in [-0.25, -0.2) is 4.39 Å². The number of nitrogens with one attached hydrogen (secondary N) is 1.